The van der Waals surface area contributed by atoms with Gasteiger partial charge in [-0.3, -0.25) is 29.4 Å². The number of ether oxygens (including phenoxy) is 1. The van der Waals surface area contributed by atoms with E-state index in [9.17, 15) is 19.2 Å². The van der Waals surface area contributed by atoms with Crippen molar-refractivity contribution in [2.45, 2.75) is 33.2 Å². The number of carbonyl (C=O) groups is 4. The van der Waals surface area contributed by atoms with E-state index in [0.717, 1.165) is 11.3 Å². The highest BCUT2D eigenvalue weighted by Crippen LogP contribution is 2.29. The van der Waals surface area contributed by atoms with Crippen LogP contribution in [0.3, 0.4) is 0 Å². The smallest absolute Gasteiger partial charge is 0.262 e. The summed E-state index contributed by atoms with van der Waals surface area (Å²) in [5.41, 5.74) is 0.352. The number of aryl methyl sites for hydroxylation is 1. The lowest BCUT2D eigenvalue weighted by atomic mass is 10.0. The second kappa shape index (κ2) is 7.84. The number of thiazole rings is 1. The number of nitrogens with one attached hydrogen (secondary N) is 1. The van der Waals surface area contributed by atoms with Crippen LogP contribution < -0.4 is 5.32 Å². The van der Waals surface area contributed by atoms with Crippen molar-refractivity contribution in [1.82, 2.24) is 9.88 Å². The number of anilines is 1. The van der Waals surface area contributed by atoms with Gasteiger partial charge in [0.25, 0.3) is 17.7 Å². The molecule has 152 valence electrons. The van der Waals surface area contributed by atoms with E-state index in [2.05, 4.69) is 10.3 Å². The summed E-state index contributed by atoms with van der Waals surface area (Å²) in [6, 6.07) is 6.65. The van der Waals surface area contributed by atoms with Crippen LogP contribution >= 0.6 is 11.3 Å². The molecule has 1 aliphatic heterocycles. The number of imide groups is 1. The summed E-state index contributed by atoms with van der Waals surface area (Å²) in [5.74, 6) is -1.30. The van der Waals surface area contributed by atoms with E-state index >= 15 is 0 Å². The molecule has 2 heterocycles. The fraction of sp³-hybridized carbons (Fsp3) is 0.350. The molecule has 1 aliphatic rings. The molecule has 8 nitrogen and oxygen atoms in total. The standard InChI is InChI=1S/C20H21N3O5S/c1-11-16(12(2)24)29-19(21-11)22-15(25)9-28-10-20(3,4)23-17(26)13-7-5-6-8-14(13)18(23)27/h5-8H,9-10H2,1-4H3,(H,21,22,25). The molecule has 3 rings (SSSR count). The van der Waals surface area contributed by atoms with Gasteiger partial charge in [0, 0.05) is 6.92 Å². The molecule has 1 N–H and O–H groups in total. The lowest BCUT2D eigenvalue weighted by Crippen LogP contribution is -2.50. The third kappa shape index (κ3) is 4.10. The Labute approximate surface area is 171 Å². The van der Waals surface area contributed by atoms with Gasteiger partial charge < -0.3 is 4.74 Å². The van der Waals surface area contributed by atoms with Crippen molar-refractivity contribution in [2.24, 2.45) is 0 Å². The van der Waals surface area contributed by atoms with E-state index in [1.165, 1.54) is 11.8 Å². The maximum Gasteiger partial charge on any atom is 0.262 e. The first-order valence-corrected chi connectivity index (χ1v) is 9.77. The molecule has 9 heteroatoms. The Morgan fingerprint density at radius 1 is 1.17 bits per heavy atom. The highest BCUT2D eigenvalue weighted by atomic mass is 32.1. The predicted molar refractivity (Wildman–Crippen MR) is 107 cm³/mol. The maximum atomic E-state index is 12.6. The Bertz CT molecular complexity index is 976. The van der Waals surface area contributed by atoms with Gasteiger partial charge in [0.1, 0.15) is 6.61 Å². The molecule has 0 saturated heterocycles. The average Bonchev–Trinajstić information content (AvgIpc) is 3.13. The Hall–Kier alpha value is -2.91. The molecular weight excluding hydrogens is 394 g/mol. The van der Waals surface area contributed by atoms with Crippen molar-refractivity contribution in [3.8, 4) is 0 Å². The third-order valence-corrected chi connectivity index (χ3v) is 5.62. The minimum Gasteiger partial charge on any atom is -0.369 e. The number of hydrogen-bond acceptors (Lipinski definition) is 7. The molecule has 3 amide bonds. The van der Waals surface area contributed by atoms with Gasteiger partial charge in [-0.2, -0.15) is 0 Å². The Kier molecular flexibility index (Phi) is 5.63. The van der Waals surface area contributed by atoms with Crippen LogP contribution in [0.2, 0.25) is 0 Å². The zero-order valence-corrected chi connectivity index (χ0v) is 17.4. The highest BCUT2D eigenvalue weighted by molar-refractivity contribution is 7.17. The van der Waals surface area contributed by atoms with E-state index in [-0.39, 0.29) is 30.8 Å². The number of hydrogen-bond donors (Lipinski definition) is 1. The number of amides is 3. The molecule has 0 aliphatic carbocycles. The molecule has 0 unspecified atom stereocenters. The average molecular weight is 415 g/mol. The van der Waals surface area contributed by atoms with E-state index in [4.69, 9.17) is 4.74 Å². The topological polar surface area (TPSA) is 106 Å². The van der Waals surface area contributed by atoms with Crippen molar-refractivity contribution in [1.29, 1.82) is 0 Å². The summed E-state index contributed by atoms with van der Waals surface area (Å²) >= 11 is 1.10. The zero-order chi connectivity index (χ0) is 21.3. The van der Waals surface area contributed by atoms with Crippen LogP contribution in [0.5, 0.6) is 0 Å². The molecular formula is C20H21N3O5S. The number of carbonyl (C=O) groups excluding carboxylic acids is 4. The third-order valence-electron chi connectivity index (χ3n) is 4.45. The largest absolute Gasteiger partial charge is 0.369 e. The van der Waals surface area contributed by atoms with E-state index in [1.807, 2.05) is 0 Å². The normalized spacial score (nSPS) is 13.6. The van der Waals surface area contributed by atoms with Gasteiger partial charge in [-0.25, -0.2) is 4.98 Å². The number of Topliss-reactive ketones (excluding diaryl/α,β-unsaturated/α-hetero) is 1. The first-order chi connectivity index (χ1) is 13.6. The second-order valence-electron chi connectivity index (χ2n) is 7.33. The maximum absolute atomic E-state index is 12.6. The van der Waals surface area contributed by atoms with Crippen molar-refractivity contribution in [3.05, 3.63) is 46.0 Å². The first-order valence-electron chi connectivity index (χ1n) is 8.95. The summed E-state index contributed by atoms with van der Waals surface area (Å²) in [6.07, 6.45) is 0. The number of aromatic nitrogens is 1. The lowest BCUT2D eigenvalue weighted by Gasteiger charge is -2.33. The second-order valence-corrected chi connectivity index (χ2v) is 8.33. The van der Waals surface area contributed by atoms with Crippen LogP contribution in [0.15, 0.2) is 24.3 Å². The zero-order valence-electron chi connectivity index (χ0n) is 16.6. The Morgan fingerprint density at radius 3 is 2.28 bits per heavy atom. The minimum absolute atomic E-state index is 0.0124. The van der Waals surface area contributed by atoms with Gasteiger partial charge in [0.15, 0.2) is 10.9 Å². The van der Waals surface area contributed by atoms with Crippen LogP contribution in [0.1, 0.15) is 56.9 Å². The summed E-state index contributed by atoms with van der Waals surface area (Å²) in [5, 5.41) is 2.91. The van der Waals surface area contributed by atoms with Crippen LogP contribution in [0.4, 0.5) is 5.13 Å². The lowest BCUT2D eigenvalue weighted by molar-refractivity contribution is -0.121. The van der Waals surface area contributed by atoms with Crippen molar-refractivity contribution in [3.63, 3.8) is 0 Å². The number of fused-ring (bicyclic) bond motifs is 1. The fourth-order valence-corrected chi connectivity index (χ4v) is 4.01. The summed E-state index contributed by atoms with van der Waals surface area (Å²) < 4.78 is 5.48. The summed E-state index contributed by atoms with van der Waals surface area (Å²) in [7, 11) is 0. The summed E-state index contributed by atoms with van der Waals surface area (Å²) in [6.45, 7) is 6.26. The molecule has 0 fully saturated rings. The van der Waals surface area contributed by atoms with E-state index in [1.54, 1.807) is 45.0 Å². The van der Waals surface area contributed by atoms with Crippen molar-refractivity contribution in [2.75, 3.05) is 18.5 Å². The van der Waals surface area contributed by atoms with Crippen LogP contribution in [-0.2, 0) is 9.53 Å². The molecule has 2 aromatic rings. The highest BCUT2D eigenvalue weighted by Gasteiger charge is 2.44. The molecule has 0 atom stereocenters. The molecule has 29 heavy (non-hydrogen) atoms. The molecule has 1 aromatic carbocycles. The van der Waals surface area contributed by atoms with E-state index < -0.39 is 11.4 Å². The molecule has 0 spiro atoms. The van der Waals surface area contributed by atoms with E-state index in [0.29, 0.717) is 26.8 Å². The van der Waals surface area contributed by atoms with Gasteiger partial charge in [-0.1, -0.05) is 23.5 Å². The Morgan fingerprint density at radius 2 is 1.76 bits per heavy atom. The number of ketones is 1. The molecule has 0 radical (unpaired) electrons. The number of benzene rings is 1. The molecule has 1 aromatic heterocycles. The quantitative estimate of drug-likeness (QED) is 0.551. The first kappa shape index (κ1) is 20.8. The van der Waals surface area contributed by atoms with Crippen LogP contribution in [0.25, 0.3) is 0 Å². The minimum atomic E-state index is -0.937. The van der Waals surface area contributed by atoms with Crippen molar-refractivity contribution < 1.29 is 23.9 Å². The van der Waals surface area contributed by atoms with Gasteiger partial charge in [-0.05, 0) is 32.9 Å². The molecule has 0 saturated carbocycles. The van der Waals surface area contributed by atoms with Gasteiger partial charge in [0.05, 0.1) is 33.8 Å². The van der Waals surface area contributed by atoms with Crippen LogP contribution in [-0.4, -0.2) is 52.1 Å². The van der Waals surface area contributed by atoms with Gasteiger partial charge in [0.2, 0.25) is 0 Å². The van der Waals surface area contributed by atoms with Crippen molar-refractivity contribution >= 4 is 40.0 Å². The monoisotopic (exact) mass is 415 g/mol. The SMILES string of the molecule is CC(=O)c1sc(NC(=O)COCC(C)(C)N2C(=O)c3ccccc3C2=O)nc1C. The van der Waals surface area contributed by atoms with Gasteiger partial charge in [-0.15, -0.1) is 0 Å². The number of rotatable bonds is 7. The van der Waals surface area contributed by atoms with Gasteiger partial charge >= 0.3 is 0 Å². The fourth-order valence-electron chi connectivity index (χ4n) is 3.13. The number of nitrogens with zero attached hydrogens (tertiary/aromatic N) is 2. The molecule has 0 bridgehead atoms. The predicted octanol–water partition coefficient (Wildman–Crippen LogP) is 2.68. The summed E-state index contributed by atoms with van der Waals surface area (Å²) in [4.78, 5) is 54.6. The Balaban J connectivity index is 1.58. The van der Waals surface area contributed by atoms with Crippen LogP contribution in [0, 0.1) is 6.92 Å².